The van der Waals surface area contributed by atoms with Gasteiger partial charge in [-0.05, 0) is 13.8 Å². The molecule has 0 heterocycles. The van der Waals surface area contributed by atoms with Crippen LogP contribution >= 0.6 is 0 Å². The Bertz CT molecular complexity index is 243. The molecule has 6 nitrogen and oxygen atoms in total. The zero-order valence-corrected chi connectivity index (χ0v) is 7.55. The number of amides is 2. The van der Waals surface area contributed by atoms with Crippen molar-refractivity contribution in [1.82, 2.24) is 10.7 Å². The molecular formula is C7H13N3O3. The average molecular weight is 187 g/mol. The summed E-state index contributed by atoms with van der Waals surface area (Å²) in [4.78, 5) is 22.1. The number of nitrogens with two attached hydrogens (primary N) is 1. The number of aliphatic hydroxyl groups is 1. The van der Waals surface area contributed by atoms with E-state index >= 15 is 0 Å². The molecule has 0 rings (SSSR count). The van der Waals surface area contributed by atoms with Gasteiger partial charge in [-0.15, -0.1) is 0 Å². The van der Waals surface area contributed by atoms with E-state index in [-0.39, 0.29) is 11.3 Å². The molecule has 0 aromatic carbocycles. The molecule has 0 aromatic heterocycles. The highest BCUT2D eigenvalue weighted by Gasteiger charge is 2.19. The van der Waals surface area contributed by atoms with Crippen LogP contribution in [-0.2, 0) is 9.59 Å². The highest BCUT2D eigenvalue weighted by atomic mass is 16.3. The summed E-state index contributed by atoms with van der Waals surface area (Å²) in [6.45, 7) is 3.30. The lowest BCUT2D eigenvalue weighted by Crippen LogP contribution is -2.38. The van der Waals surface area contributed by atoms with Crippen molar-refractivity contribution < 1.29 is 14.7 Å². The molecule has 0 unspecified atom stereocenters. The molecule has 0 aliphatic heterocycles. The Hall–Kier alpha value is -1.56. The van der Waals surface area contributed by atoms with E-state index in [0.717, 1.165) is 0 Å². The topological polar surface area (TPSA) is 104 Å². The van der Waals surface area contributed by atoms with E-state index in [4.69, 9.17) is 10.9 Å². The quantitative estimate of drug-likeness (QED) is 0.0860. The van der Waals surface area contributed by atoms with Gasteiger partial charge in [0.05, 0.1) is 0 Å². The summed E-state index contributed by atoms with van der Waals surface area (Å²) in [6, 6.07) is 0. The first kappa shape index (κ1) is 11.4. The lowest BCUT2D eigenvalue weighted by molar-refractivity contribution is -0.123. The van der Waals surface area contributed by atoms with Gasteiger partial charge in [0, 0.05) is 6.54 Å². The van der Waals surface area contributed by atoms with Crippen LogP contribution in [0.4, 0.5) is 0 Å². The number of hydrazine groups is 1. The van der Waals surface area contributed by atoms with Crippen molar-refractivity contribution in [3.05, 3.63) is 11.3 Å². The van der Waals surface area contributed by atoms with Gasteiger partial charge in [0.1, 0.15) is 11.3 Å². The van der Waals surface area contributed by atoms with Crippen LogP contribution in [0.25, 0.3) is 0 Å². The number of hydrogen-bond acceptors (Lipinski definition) is 4. The summed E-state index contributed by atoms with van der Waals surface area (Å²) >= 11 is 0. The summed E-state index contributed by atoms with van der Waals surface area (Å²) in [6.07, 6.45) is 0. The van der Waals surface area contributed by atoms with E-state index in [2.05, 4.69) is 5.32 Å². The number of likely N-dealkylation sites (N-methyl/N-ethyl adjacent to an activating group) is 1. The van der Waals surface area contributed by atoms with Gasteiger partial charge < -0.3 is 10.4 Å². The summed E-state index contributed by atoms with van der Waals surface area (Å²) in [5.41, 5.74) is 1.40. The first-order valence-corrected chi connectivity index (χ1v) is 3.73. The van der Waals surface area contributed by atoms with Crippen LogP contribution in [0, 0.1) is 0 Å². The molecule has 0 aliphatic carbocycles. The zero-order chi connectivity index (χ0) is 10.4. The molecule has 0 atom stereocenters. The molecule has 5 N–H and O–H groups in total. The monoisotopic (exact) mass is 187 g/mol. The van der Waals surface area contributed by atoms with Crippen LogP contribution in [0.15, 0.2) is 11.3 Å². The van der Waals surface area contributed by atoms with Gasteiger partial charge in [-0.3, -0.25) is 15.0 Å². The zero-order valence-electron chi connectivity index (χ0n) is 7.55. The smallest absolute Gasteiger partial charge is 0.274 e. The first-order valence-electron chi connectivity index (χ1n) is 3.73. The van der Waals surface area contributed by atoms with Gasteiger partial charge in [-0.2, -0.15) is 0 Å². The third-order valence-electron chi connectivity index (χ3n) is 1.28. The van der Waals surface area contributed by atoms with Crippen molar-refractivity contribution in [2.75, 3.05) is 6.54 Å². The van der Waals surface area contributed by atoms with E-state index in [0.29, 0.717) is 6.54 Å². The number of allylic oxidation sites excluding steroid dienone is 1. The molecule has 0 spiro atoms. The third kappa shape index (κ3) is 3.12. The largest absolute Gasteiger partial charge is 0.512 e. The predicted molar refractivity (Wildman–Crippen MR) is 46.3 cm³/mol. The SMILES string of the molecule is CCNC(=O)/C(C(=O)NN)=C(\C)O. The molecule has 0 aliphatic rings. The maximum Gasteiger partial charge on any atom is 0.274 e. The number of carbonyl (C=O) groups excluding carboxylic acids is 2. The lowest BCUT2D eigenvalue weighted by Gasteiger charge is -2.06. The Morgan fingerprint density at radius 1 is 1.38 bits per heavy atom. The van der Waals surface area contributed by atoms with Gasteiger partial charge in [-0.1, -0.05) is 0 Å². The molecule has 0 saturated carbocycles. The third-order valence-corrected chi connectivity index (χ3v) is 1.28. The Morgan fingerprint density at radius 2 is 1.92 bits per heavy atom. The molecule has 0 aromatic rings. The van der Waals surface area contributed by atoms with E-state index in [1.165, 1.54) is 6.92 Å². The van der Waals surface area contributed by atoms with Crippen molar-refractivity contribution in [3.63, 3.8) is 0 Å². The Morgan fingerprint density at radius 3 is 2.23 bits per heavy atom. The fourth-order valence-electron chi connectivity index (χ4n) is 0.753. The second-order valence-corrected chi connectivity index (χ2v) is 2.29. The van der Waals surface area contributed by atoms with Gasteiger partial charge in [0.25, 0.3) is 11.8 Å². The molecule has 6 heteroatoms. The van der Waals surface area contributed by atoms with E-state index in [9.17, 15) is 9.59 Å². The predicted octanol–water partition coefficient (Wildman–Crippen LogP) is -1.06. The first-order chi connectivity index (χ1) is 6.04. The summed E-state index contributed by atoms with van der Waals surface area (Å²) in [7, 11) is 0. The average Bonchev–Trinajstić information content (AvgIpc) is 2.04. The van der Waals surface area contributed by atoms with E-state index in [1.54, 1.807) is 12.3 Å². The molecule has 0 saturated heterocycles. The van der Waals surface area contributed by atoms with Crippen molar-refractivity contribution in [2.45, 2.75) is 13.8 Å². The fourth-order valence-corrected chi connectivity index (χ4v) is 0.753. The normalized spacial score (nSPS) is 11.6. The Kier molecular flexibility index (Phi) is 4.53. The van der Waals surface area contributed by atoms with Gasteiger partial charge >= 0.3 is 0 Å². The number of carbonyl (C=O) groups is 2. The maximum atomic E-state index is 11.1. The van der Waals surface area contributed by atoms with Crippen molar-refractivity contribution in [2.24, 2.45) is 5.84 Å². The van der Waals surface area contributed by atoms with Crippen LogP contribution < -0.4 is 16.6 Å². The van der Waals surface area contributed by atoms with E-state index < -0.39 is 11.8 Å². The Balaban J connectivity index is 4.75. The summed E-state index contributed by atoms with van der Waals surface area (Å²) in [5.74, 6) is 2.99. The molecule has 74 valence electrons. The van der Waals surface area contributed by atoms with Crippen molar-refractivity contribution in [3.8, 4) is 0 Å². The van der Waals surface area contributed by atoms with Crippen LogP contribution in [0.1, 0.15) is 13.8 Å². The maximum absolute atomic E-state index is 11.1. The van der Waals surface area contributed by atoms with Crippen LogP contribution in [0.3, 0.4) is 0 Å². The van der Waals surface area contributed by atoms with E-state index in [1.807, 2.05) is 0 Å². The second kappa shape index (κ2) is 5.15. The van der Waals surface area contributed by atoms with Crippen LogP contribution in [-0.4, -0.2) is 23.5 Å². The number of nitrogens with one attached hydrogen (secondary N) is 2. The molecule has 13 heavy (non-hydrogen) atoms. The minimum atomic E-state index is -0.814. The van der Waals surface area contributed by atoms with Gasteiger partial charge in [-0.25, -0.2) is 5.84 Å². The number of aliphatic hydroxyl groups excluding tert-OH is 1. The molecule has 0 radical (unpaired) electrons. The highest BCUT2D eigenvalue weighted by molar-refractivity contribution is 6.18. The molecule has 0 fully saturated rings. The summed E-state index contributed by atoms with van der Waals surface area (Å²) < 4.78 is 0. The van der Waals surface area contributed by atoms with Crippen LogP contribution in [0.2, 0.25) is 0 Å². The van der Waals surface area contributed by atoms with Crippen molar-refractivity contribution in [1.29, 1.82) is 0 Å². The van der Waals surface area contributed by atoms with Crippen LogP contribution in [0.5, 0.6) is 0 Å². The van der Waals surface area contributed by atoms with Gasteiger partial charge in [0.2, 0.25) is 0 Å². The number of hydrogen-bond donors (Lipinski definition) is 4. The lowest BCUT2D eigenvalue weighted by atomic mass is 10.2. The summed E-state index contributed by atoms with van der Waals surface area (Å²) in [5, 5.41) is 11.4. The minimum absolute atomic E-state index is 0.367. The highest BCUT2D eigenvalue weighted by Crippen LogP contribution is 2.00. The minimum Gasteiger partial charge on any atom is -0.512 e. The second-order valence-electron chi connectivity index (χ2n) is 2.29. The number of rotatable bonds is 3. The fraction of sp³-hybridized carbons (Fsp3) is 0.429. The molecule has 2 amide bonds. The molecular weight excluding hydrogens is 174 g/mol. The van der Waals surface area contributed by atoms with Gasteiger partial charge in [0.15, 0.2) is 0 Å². The Labute approximate surface area is 75.8 Å². The van der Waals surface area contributed by atoms with Crippen molar-refractivity contribution >= 4 is 11.8 Å². The molecule has 0 bridgehead atoms. The standard InChI is InChI=1S/C7H13N3O3/c1-3-9-6(12)5(4(2)11)7(13)10-8/h11H,3,8H2,1-2H3,(H,9,12)(H,10,13)/b5-4-.